The molecule has 0 saturated heterocycles. The molecule has 0 unspecified atom stereocenters. The van der Waals surface area contributed by atoms with Crippen LogP contribution in [0.4, 0.5) is 5.82 Å². The summed E-state index contributed by atoms with van der Waals surface area (Å²) < 4.78 is 48.9. The van der Waals surface area contributed by atoms with Gasteiger partial charge in [0.1, 0.15) is 5.82 Å². The van der Waals surface area contributed by atoms with Crippen molar-refractivity contribution < 1.29 is 16.8 Å². The van der Waals surface area contributed by atoms with Crippen LogP contribution in [0.2, 0.25) is 0 Å². The fourth-order valence-electron chi connectivity index (χ4n) is 1.80. The average molecular weight is 334 g/mol. The molecule has 0 aliphatic heterocycles. The summed E-state index contributed by atoms with van der Waals surface area (Å²) in [4.78, 5) is 3.88. The second-order valence-electron chi connectivity index (χ2n) is 4.98. The van der Waals surface area contributed by atoms with E-state index in [0.717, 1.165) is 31.9 Å². The van der Waals surface area contributed by atoms with Crippen LogP contribution in [-0.4, -0.2) is 33.8 Å². The van der Waals surface area contributed by atoms with Gasteiger partial charge in [-0.15, -0.1) is 0 Å². The maximum atomic E-state index is 11.9. The molecule has 120 valence electrons. The molecule has 1 N–H and O–H groups in total. The van der Waals surface area contributed by atoms with Gasteiger partial charge >= 0.3 is 0 Å². The van der Waals surface area contributed by atoms with E-state index in [-0.39, 0.29) is 16.5 Å². The van der Waals surface area contributed by atoms with E-state index in [4.69, 9.17) is 0 Å². The summed E-state index contributed by atoms with van der Waals surface area (Å²) in [6.07, 6.45) is 7.02. The van der Waals surface area contributed by atoms with E-state index in [0.29, 0.717) is 6.42 Å². The lowest BCUT2D eigenvalue weighted by atomic mass is 10.2. The summed E-state index contributed by atoms with van der Waals surface area (Å²) in [5.74, 6) is 0.0492. The van der Waals surface area contributed by atoms with E-state index >= 15 is 0 Å². The second kappa shape index (κ2) is 7.74. The van der Waals surface area contributed by atoms with Gasteiger partial charge in [0.2, 0.25) is 10.0 Å². The van der Waals surface area contributed by atoms with Gasteiger partial charge in [-0.3, -0.25) is 4.72 Å². The number of unbranched alkanes of at least 4 members (excludes halogenated alkanes) is 4. The molecule has 1 heterocycles. The Bertz CT molecular complexity index is 655. The molecule has 6 nitrogen and oxygen atoms in total. The zero-order chi connectivity index (χ0) is 15.9. The fourth-order valence-corrected chi connectivity index (χ4v) is 3.55. The molecular weight excluding hydrogens is 312 g/mol. The van der Waals surface area contributed by atoms with Gasteiger partial charge in [-0.05, 0) is 12.5 Å². The zero-order valence-corrected chi connectivity index (χ0v) is 14.0. The molecule has 0 aliphatic carbocycles. The van der Waals surface area contributed by atoms with Crippen molar-refractivity contribution in [3.8, 4) is 0 Å². The molecule has 0 aliphatic rings. The Morgan fingerprint density at radius 1 is 1.10 bits per heavy atom. The highest BCUT2D eigenvalue weighted by Gasteiger charge is 2.13. The Morgan fingerprint density at radius 3 is 2.38 bits per heavy atom. The molecule has 0 spiro atoms. The summed E-state index contributed by atoms with van der Waals surface area (Å²) in [7, 11) is -6.87. The largest absolute Gasteiger partial charge is 0.267 e. The van der Waals surface area contributed by atoms with Crippen LogP contribution in [0.3, 0.4) is 0 Å². The lowest BCUT2D eigenvalue weighted by molar-refractivity contribution is 0.591. The van der Waals surface area contributed by atoms with E-state index in [9.17, 15) is 16.8 Å². The zero-order valence-electron chi connectivity index (χ0n) is 12.4. The molecule has 1 rings (SSSR count). The minimum absolute atomic E-state index is 0.0154. The summed E-state index contributed by atoms with van der Waals surface area (Å²) in [5, 5.41) is 0. The van der Waals surface area contributed by atoms with Gasteiger partial charge in [-0.25, -0.2) is 21.8 Å². The van der Waals surface area contributed by atoms with Crippen LogP contribution in [0.1, 0.15) is 39.0 Å². The van der Waals surface area contributed by atoms with Crippen molar-refractivity contribution in [2.24, 2.45) is 0 Å². The number of aromatic nitrogens is 1. The molecule has 0 atom stereocenters. The van der Waals surface area contributed by atoms with Crippen molar-refractivity contribution in [2.45, 2.75) is 43.9 Å². The Hall–Kier alpha value is -1.15. The number of pyridine rings is 1. The van der Waals surface area contributed by atoms with Crippen LogP contribution in [0.25, 0.3) is 0 Å². The van der Waals surface area contributed by atoms with Crippen molar-refractivity contribution >= 4 is 25.7 Å². The first kappa shape index (κ1) is 17.9. The molecule has 21 heavy (non-hydrogen) atoms. The minimum atomic E-state index is -3.49. The Morgan fingerprint density at radius 2 is 1.76 bits per heavy atom. The monoisotopic (exact) mass is 334 g/mol. The second-order valence-corrected chi connectivity index (χ2v) is 8.84. The van der Waals surface area contributed by atoms with E-state index < -0.39 is 19.9 Å². The SMILES string of the molecule is CCCCCCCS(=O)(=O)Nc1cc(S(C)(=O)=O)ccn1. The molecule has 1 aromatic heterocycles. The van der Waals surface area contributed by atoms with Gasteiger partial charge in [0, 0.05) is 18.5 Å². The average Bonchev–Trinajstić information content (AvgIpc) is 2.37. The third-order valence-corrected chi connectivity index (χ3v) is 5.39. The van der Waals surface area contributed by atoms with Crippen LogP contribution < -0.4 is 4.72 Å². The predicted octanol–water partition coefficient (Wildman–Crippen LogP) is 2.20. The maximum absolute atomic E-state index is 11.9. The summed E-state index contributed by atoms with van der Waals surface area (Å²) in [6.45, 7) is 2.10. The highest BCUT2D eigenvalue weighted by atomic mass is 32.2. The van der Waals surface area contributed by atoms with E-state index in [1.165, 1.54) is 18.3 Å². The highest BCUT2D eigenvalue weighted by molar-refractivity contribution is 7.92. The molecule has 0 radical (unpaired) electrons. The molecule has 1 aromatic rings. The van der Waals surface area contributed by atoms with Gasteiger partial charge in [0.05, 0.1) is 10.6 Å². The normalized spacial score (nSPS) is 12.3. The van der Waals surface area contributed by atoms with Gasteiger partial charge in [-0.1, -0.05) is 32.6 Å². The van der Waals surface area contributed by atoms with Crippen molar-refractivity contribution in [2.75, 3.05) is 16.7 Å². The summed E-state index contributed by atoms with van der Waals surface area (Å²) >= 11 is 0. The van der Waals surface area contributed by atoms with Crippen LogP contribution in [0, 0.1) is 0 Å². The number of hydrogen-bond donors (Lipinski definition) is 1. The third kappa shape index (κ3) is 6.90. The van der Waals surface area contributed by atoms with Gasteiger partial charge in [0.25, 0.3) is 0 Å². The Labute approximate surface area is 127 Å². The number of anilines is 1. The van der Waals surface area contributed by atoms with Gasteiger partial charge < -0.3 is 0 Å². The number of nitrogens with one attached hydrogen (secondary N) is 1. The number of rotatable bonds is 9. The smallest absolute Gasteiger partial charge is 0.233 e. The number of hydrogen-bond acceptors (Lipinski definition) is 5. The van der Waals surface area contributed by atoms with Crippen LogP contribution >= 0.6 is 0 Å². The predicted molar refractivity (Wildman–Crippen MR) is 83.5 cm³/mol. The molecule has 8 heteroatoms. The van der Waals surface area contributed by atoms with Gasteiger partial charge in [-0.2, -0.15) is 0 Å². The number of nitrogens with zero attached hydrogens (tertiary/aromatic N) is 1. The molecule has 0 amide bonds. The van der Waals surface area contributed by atoms with E-state index in [1.807, 2.05) is 0 Å². The summed E-state index contributed by atoms with van der Waals surface area (Å²) in [6, 6.07) is 2.56. The Balaban J connectivity index is 2.63. The molecule has 0 aromatic carbocycles. The number of sulfonamides is 1. The lowest BCUT2D eigenvalue weighted by Gasteiger charge is -2.08. The quantitative estimate of drug-likeness (QED) is 0.699. The molecule has 0 saturated carbocycles. The van der Waals surface area contributed by atoms with Crippen LogP contribution in [-0.2, 0) is 19.9 Å². The molecule has 0 bridgehead atoms. The molecule has 0 fully saturated rings. The third-order valence-electron chi connectivity index (χ3n) is 2.94. The first-order valence-corrected chi connectivity index (χ1v) is 10.5. The van der Waals surface area contributed by atoms with Crippen molar-refractivity contribution in [3.63, 3.8) is 0 Å². The minimum Gasteiger partial charge on any atom is -0.267 e. The van der Waals surface area contributed by atoms with Crippen molar-refractivity contribution in [1.29, 1.82) is 0 Å². The van der Waals surface area contributed by atoms with Gasteiger partial charge in [0.15, 0.2) is 9.84 Å². The lowest BCUT2D eigenvalue weighted by Crippen LogP contribution is -2.17. The van der Waals surface area contributed by atoms with E-state index in [2.05, 4.69) is 16.6 Å². The van der Waals surface area contributed by atoms with Crippen molar-refractivity contribution in [1.82, 2.24) is 4.98 Å². The summed E-state index contributed by atoms with van der Waals surface area (Å²) in [5.41, 5.74) is 0. The van der Waals surface area contributed by atoms with Crippen molar-refractivity contribution in [3.05, 3.63) is 18.3 Å². The standard InChI is InChI=1S/C13H22N2O4S2/c1-3-4-5-6-7-10-21(18,19)15-13-11-12(8-9-14-13)20(2,16)17/h8-9,11H,3-7,10H2,1-2H3,(H,14,15). The first-order valence-electron chi connectivity index (χ1n) is 6.91. The van der Waals surface area contributed by atoms with Crippen LogP contribution in [0.15, 0.2) is 23.2 Å². The first-order chi connectivity index (χ1) is 9.74. The Kier molecular flexibility index (Phi) is 6.60. The fraction of sp³-hybridized carbons (Fsp3) is 0.615. The van der Waals surface area contributed by atoms with E-state index in [1.54, 1.807) is 0 Å². The maximum Gasteiger partial charge on any atom is 0.233 e. The highest BCUT2D eigenvalue weighted by Crippen LogP contribution is 2.14. The van der Waals surface area contributed by atoms with Crippen LogP contribution in [0.5, 0.6) is 0 Å². The number of sulfone groups is 1. The topological polar surface area (TPSA) is 93.2 Å². The molecular formula is C13H22N2O4S2.